The lowest BCUT2D eigenvalue weighted by Crippen LogP contribution is -2.49. The van der Waals surface area contributed by atoms with Crippen LogP contribution in [0.15, 0.2) is 48.5 Å². The van der Waals surface area contributed by atoms with Crippen molar-refractivity contribution in [1.82, 2.24) is 15.1 Å². The largest absolute Gasteiger partial charge is 0.497 e. The summed E-state index contributed by atoms with van der Waals surface area (Å²) in [6, 6.07) is 13.5. The van der Waals surface area contributed by atoms with E-state index in [1.807, 2.05) is 38.1 Å². The SMILES string of the molecule is CCCNC(=O)[C@H](CC)N(Cc1cccc(OC)c1)C(=O)CCCN1C(=O)c2ccccc2C1=O. The first-order valence-electron chi connectivity index (χ1n) is 12.1. The lowest BCUT2D eigenvalue weighted by atomic mass is 10.1. The number of nitrogens with zero attached hydrogens (tertiary/aromatic N) is 2. The van der Waals surface area contributed by atoms with Crippen molar-refractivity contribution in [3.05, 3.63) is 65.2 Å². The lowest BCUT2D eigenvalue weighted by Gasteiger charge is -2.31. The third kappa shape index (κ3) is 6.07. The predicted octanol–water partition coefficient (Wildman–Crippen LogP) is 3.41. The standard InChI is InChI=1S/C27H33N3O5/c1-4-15-28-25(32)23(5-2)30(18-19-10-8-11-20(17-19)35-3)24(31)14-9-16-29-26(33)21-12-6-7-13-22(21)27(29)34/h6-8,10-13,17,23H,4-5,9,14-16,18H2,1-3H3,(H,28,32)/t23-/m0/s1. The Morgan fingerprint density at radius 2 is 1.71 bits per heavy atom. The van der Waals surface area contributed by atoms with Crippen molar-refractivity contribution >= 4 is 23.6 Å². The van der Waals surface area contributed by atoms with Crippen molar-refractivity contribution in [2.75, 3.05) is 20.2 Å². The van der Waals surface area contributed by atoms with Gasteiger partial charge in [-0.2, -0.15) is 0 Å². The molecule has 0 saturated heterocycles. The predicted molar refractivity (Wildman–Crippen MR) is 132 cm³/mol. The summed E-state index contributed by atoms with van der Waals surface area (Å²) in [5.74, 6) is -0.397. The zero-order valence-corrected chi connectivity index (χ0v) is 20.6. The second kappa shape index (κ2) is 12.1. The van der Waals surface area contributed by atoms with Gasteiger partial charge in [-0.1, -0.05) is 38.1 Å². The molecular formula is C27H33N3O5. The van der Waals surface area contributed by atoms with Gasteiger partial charge in [-0.15, -0.1) is 0 Å². The van der Waals surface area contributed by atoms with Gasteiger partial charge < -0.3 is 15.0 Å². The fourth-order valence-electron chi connectivity index (χ4n) is 4.23. The molecular weight excluding hydrogens is 446 g/mol. The Labute approximate surface area is 206 Å². The zero-order chi connectivity index (χ0) is 25.4. The zero-order valence-electron chi connectivity index (χ0n) is 20.6. The van der Waals surface area contributed by atoms with Gasteiger partial charge >= 0.3 is 0 Å². The molecule has 4 amide bonds. The molecule has 1 atom stereocenters. The first-order valence-corrected chi connectivity index (χ1v) is 12.1. The molecule has 8 nitrogen and oxygen atoms in total. The lowest BCUT2D eigenvalue weighted by molar-refractivity contribution is -0.141. The summed E-state index contributed by atoms with van der Waals surface area (Å²) in [6.07, 6.45) is 1.68. The molecule has 1 heterocycles. The average Bonchev–Trinajstić information content (AvgIpc) is 3.12. The third-order valence-electron chi connectivity index (χ3n) is 6.07. The van der Waals surface area contributed by atoms with Crippen molar-refractivity contribution in [3.63, 3.8) is 0 Å². The van der Waals surface area contributed by atoms with Gasteiger partial charge in [0.05, 0.1) is 18.2 Å². The Hall–Kier alpha value is -3.68. The van der Waals surface area contributed by atoms with E-state index in [1.165, 1.54) is 4.90 Å². The highest BCUT2D eigenvalue weighted by molar-refractivity contribution is 6.21. The summed E-state index contributed by atoms with van der Waals surface area (Å²) in [7, 11) is 1.58. The number of hydrogen-bond donors (Lipinski definition) is 1. The van der Waals surface area contributed by atoms with Crippen LogP contribution in [0.1, 0.15) is 65.8 Å². The number of fused-ring (bicyclic) bond motifs is 1. The molecule has 35 heavy (non-hydrogen) atoms. The summed E-state index contributed by atoms with van der Waals surface area (Å²) >= 11 is 0. The Bertz CT molecular complexity index is 1050. The number of ether oxygens (including phenoxy) is 1. The molecule has 8 heteroatoms. The Balaban J connectivity index is 1.71. The Kier molecular flexibility index (Phi) is 9.00. The molecule has 186 valence electrons. The summed E-state index contributed by atoms with van der Waals surface area (Å²) in [5.41, 5.74) is 1.63. The topological polar surface area (TPSA) is 96.0 Å². The number of amides is 4. The van der Waals surface area contributed by atoms with Crippen molar-refractivity contribution in [3.8, 4) is 5.75 Å². The van der Waals surface area contributed by atoms with Crippen molar-refractivity contribution in [2.45, 2.75) is 52.1 Å². The van der Waals surface area contributed by atoms with Gasteiger partial charge in [0.1, 0.15) is 11.8 Å². The molecule has 0 aliphatic carbocycles. The maximum Gasteiger partial charge on any atom is 0.261 e. The summed E-state index contributed by atoms with van der Waals surface area (Å²) < 4.78 is 5.30. The van der Waals surface area contributed by atoms with E-state index >= 15 is 0 Å². The van der Waals surface area contributed by atoms with E-state index < -0.39 is 6.04 Å². The van der Waals surface area contributed by atoms with Gasteiger partial charge in [-0.3, -0.25) is 24.1 Å². The number of carbonyl (C=O) groups is 4. The summed E-state index contributed by atoms with van der Waals surface area (Å²) in [6.45, 7) is 4.78. The van der Waals surface area contributed by atoms with E-state index in [0.717, 1.165) is 12.0 Å². The maximum atomic E-state index is 13.4. The molecule has 1 aliphatic rings. The molecule has 0 fully saturated rings. The number of hydrogen-bond acceptors (Lipinski definition) is 5. The van der Waals surface area contributed by atoms with Gasteiger partial charge in [0.15, 0.2) is 0 Å². The number of methoxy groups -OCH3 is 1. The second-order valence-electron chi connectivity index (χ2n) is 8.50. The van der Waals surface area contributed by atoms with Crippen molar-refractivity contribution in [1.29, 1.82) is 0 Å². The second-order valence-corrected chi connectivity index (χ2v) is 8.50. The van der Waals surface area contributed by atoms with Crippen LogP contribution in [0.2, 0.25) is 0 Å². The molecule has 0 radical (unpaired) electrons. The van der Waals surface area contributed by atoms with Crippen molar-refractivity contribution in [2.24, 2.45) is 0 Å². The number of nitrogens with one attached hydrogen (secondary N) is 1. The van der Waals surface area contributed by atoms with E-state index in [4.69, 9.17) is 4.74 Å². The van der Waals surface area contributed by atoms with Crippen LogP contribution >= 0.6 is 0 Å². The normalized spacial score (nSPS) is 13.4. The molecule has 1 aliphatic heterocycles. The molecule has 0 aromatic heterocycles. The van der Waals surface area contributed by atoms with E-state index in [-0.39, 0.29) is 43.1 Å². The van der Waals surface area contributed by atoms with Crippen LogP contribution in [-0.4, -0.2) is 59.7 Å². The van der Waals surface area contributed by atoms with Crippen LogP contribution in [0.4, 0.5) is 0 Å². The Morgan fingerprint density at radius 1 is 1.03 bits per heavy atom. The van der Waals surface area contributed by atoms with Crippen LogP contribution in [0, 0.1) is 0 Å². The van der Waals surface area contributed by atoms with Gasteiger partial charge in [-0.25, -0.2) is 0 Å². The number of rotatable bonds is 12. The average molecular weight is 480 g/mol. The van der Waals surface area contributed by atoms with Crippen molar-refractivity contribution < 1.29 is 23.9 Å². The Morgan fingerprint density at radius 3 is 2.31 bits per heavy atom. The minimum Gasteiger partial charge on any atom is -0.497 e. The molecule has 0 unspecified atom stereocenters. The quantitative estimate of drug-likeness (QED) is 0.471. The molecule has 0 bridgehead atoms. The van der Waals surface area contributed by atoms with Gasteiger partial charge in [0, 0.05) is 26.1 Å². The van der Waals surface area contributed by atoms with E-state index in [2.05, 4.69) is 5.32 Å². The number of benzene rings is 2. The highest BCUT2D eigenvalue weighted by atomic mass is 16.5. The molecule has 1 N–H and O–H groups in total. The minimum absolute atomic E-state index is 0.106. The number of carbonyl (C=O) groups excluding carboxylic acids is 4. The summed E-state index contributed by atoms with van der Waals surface area (Å²) in [4.78, 5) is 54.2. The smallest absolute Gasteiger partial charge is 0.261 e. The van der Waals surface area contributed by atoms with Crippen LogP contribution < -0.4 is 10.1 Å². The molecule has 0 spiro atoms. The fourth-order valence-corrected chi connectivity index (χ4v) is 4.23. The fraction of sp³-hybridized carbons (Fsp3) is 0.407. The monoisotopic (exact) mass is 479 g/mol. The van der Waals surface area contributed by atoms with E-state index in [1.54, 1.807) is 36.3 Å². The van der Waals surface area contributed by atoms with Gasteiger partial charge in [-0.05, 0) is 49.1 Å². The molecule has 3 rings (SSSR count). The molecule has 2 aromatic carbocycles. The third-order valence-corrected chi connectivity index (χ3v) is 6.07. The van der Waals surface area contributed by atoms with Crippen LogP contribution in [-0.2, 0) is 16.1 Å². The van der Waals surface area contributed by atoms with E-state index in [9.17, 15) is 19.2 Å². The highest BCUT2D eigenvalue weighted by Gasteiger charge is 2.35. The minimum atomic E-state index is -0.625. The molecule has 0 saturated carbocycles. The van der Waals surface area contributed by atoms with Crippen LogP contribution in [0.3, 0.4) is 0 Å². The molecule has 2 aromatic rings. The van der Waals surface area contributed by atoms with Crippen LogP contribution in [0.5, 0.6) is 5.75 Å². The first kappa shape index (κ1) is 25.9. The first-order chi connectivity index (χ1) is 16.9. The van der Waals surface area contributed by atoms with Crippen LogP contribution in [0.25, 0.3) is 0 Å². The van der Waals surface area contributed by atoms with E-state index in [0.29, 0.717) is 36.3 Å². The van der Waals surface area contributed by atoms with Gasteiger partial charge in [0.25, 0.3) is 11.8 Å². The maximum absolute atomic E-state index is 13.4. The van der Waals surface area contributed by atoms with Gasteiger partial charge in [0.2, 0.25) is 11.8 Å². The highest BCUT2D eigenvalue weighted by Crippen LogP contribution is 2.23. The number of imide groups is 1. The summed E-state index contributed by atoms with van der Waals surface area (Å²) in [5, 5.41) is 2.89.